The van der Waals surface area contributed by atoms with Crippen LogP contribution >= 0.6 is 11.3 Å². The summed E-state index contributed by atoms with van der Waals surface area (Å²) < 4.78 is 84.0. The Morgan fingerprint density at radius 1 is 1.15 bits per heavy atom. The van der Waals surface area contributed by atoms with Crippen LogP contribution in [0, 0.1) is 11.3 Å². The Bertz CT molecular complexity index is 1590. The molecule has 1 aliphatic heterocycles. The number of nitrogens with one attached hydrogen (secondary N) is 1. The third kappa shape index (κ3) is 5.15. The minimum atomic E-state index is -4.71. The summed E-state index contributed by atoms with van der Waals surface area (Å²) in [5.74, 6) is -0.715. The number of piperazine rings is 1. The van der Waals surface area contributed by atoms with Crippen LogP contribution in [0.5, 0.6) is 0 Å². The third-order valence-electron chi connectivity index (χ3n) is 6.47. The average Bonchev–Trinajstić information content (AvgIpc) is 3.25. The molecule has 0 unspecified atom stereocenters. The minimum Gasteiger partial charge on any atom is -0.366 e. The van der Waals surface area contributed by atoms with Crippen LogP contribution in [-0.4, -0.2) is 76.2 Å². The molecule has 1 saturated heterocycles. The Balaban J connectivity index is 1.57. The second-order valence-electron chi connectivity index (χ2n) is 9.86. The summed E-state index contributed by atoms with van der Waals surface area (Å²) in [5, 5.41) is 14.8. The van der Waals surface area contributed by atoms with E-state index in [2.05, 4.69) is 19.9 Å². The van der Waals surface area contributed by atoms with Crippen molar-refractivity contribution in [3.63, 3.8) is 0 Å². The van der Waals surface area contributed by atoms with Crippen LogP contribution in [-0.2, 0) is 21.0 Å². The number of anilines is 1. The number of alkyl halides is 4. The summed E-state index contributed by atoms with van der Waals surface area (Å²) in [6.07, 6.45) is -1.44. The SMILES string of the molecule is CC(C)(F)C(=O)N1CCN(c2cc(S(=O)(=O)NC3(C#N)CC3)cn3c(-c4nnc(C(F)(F)F)s4)ncc23)CC1. The van der Waals surface area contributed by atoms with Gasteiger partial charge in [0.2, 0.25) is 15.0 Å². The predicted octanol–water partition coefficient (Wildman–Crippen LogP) is 2.60. The van der Waals surface area contributed by atoms with E-state index in [9.17, 15) is 36.0 Å². The van der Waals surface area contributed by atoms with Gasteiger partial charge in [0.05, 0.1) is 23.5 Å². The number of amides is 1. The monoisotopic (exact) mass is 586 g/mol. The predicted molar refractivity (Wildman–Crippen MR) is 131 cm³/mol. The summed E-state index contributed by atoms with van der Waals surface area (Å²) >= 11 is 0.265. The van der Waals surface area contributed by atoms with Crippen LogP contribution in [0.1, 0.15) is 31.7 Å². The number of hydrogen-bond acceptors (Lipinski definition) is 9. The summed E-state index contributed by atoms with van der Waals surface area (Å²) in [6.45, 7) is 3.13. The molecule has 39 heavy (non-hydrogen) atoms. The zero-order chi connectivity index (χ0) is 28.4. The van der Waals surface area contributed by atoms with E-state index < -0.39 is 38.3 Å². The van der Waals surface area contributed by atoms with E-state index >= 15 is 0 Å². The second-order valence-corrected chi connectivity index (χ2v) is 12.5. The highest BCUT2D eigenvalue weighted by atomic mass is 32.2. The molecule has 1 N–H and O–H groups in total. The highest BCUT2D eigenvalue weighted by Gasteiger charge is 2.47. The summed E-state index contributed by atoms with van der Waals surface area (Å²) in [7, 11) is -4.23. The number of rotatable bonds is 6. The molecular weight excluding hydrogens is 564 g/mol. The molecular formula is C22H22F4N8O3S2. The van der Waals surface area contributed by atoms with E-state index in [1.54, 1.807) is 4.90 Å². The Labute approximate surface area is 224 Å². The van der Waals surface area contributed by atoms with Gasteiger partial charge >= 0.3 is 6.18 Å². The molecule has 0 radical (unpaired) electrons. The largest absolute Gasteiger partial charge is 0.445 e. The van der Waals surface area contributed by atoms with Crippen LogP contribution in [0.3, 0.4) is 0 Å². The van der Waals surface area contributed by atoms with E-state index in [1.807, 2.05) is 6.07 Å². The maximum atomic E-state index is 14.2. The van der Waals surface area contributed by atoms with E-state index in [-0.39, 0.29) is 53.2 Å². The van der Waals surface area contributed by atoms with Crippen molar-refractivity contribution in [2.45, 2.75) is 49.0 Å². The topological polar surface area (TPSA) is 137 Å². The van der Waals surface area contributed by atoms with Crippen molar-refractivity contribution in [2.24, 2.45) is 0 Å². The van der Waals surface area contributed by atoms with Gasteiger partial charge < -0.3 is 9.80 Å². The van der Waals surface area contributed by atoms with Gasteiger partial charge in [0.1, 0.15) is 10.4 Å². The molecule has 5 rings (SSSR count). The van der Waals surface area contributed by atoms with E-state index in [0.717, 1.165) is 0 Å². The number of hydrogen-bond donors (Lipinski definition) is 1. The fraction of sp³-hybridized carbons (Fsp3) is 0.500. The molecule has 1 saturated carbocycles. The van der Waals surface area contributed by atoms with Crippen LogP contribution in [0.25, 0.3) is 16.3 Å². The quantitative estimate of drug-likeness (QED) is 0.436. The van der Waals surface area contributed by atoms with Gasteiger partial charge in [0, 0.05) is 32.4 Å². The lowest BCUT2D eigenvalue weighted by Gasteiger charge is -2.38. The average molecular weight is 587 g/mol. The fourth-order valence-corrected chi connectivity index (χ4v) is 6.34. The lowest BCUT2D eigenvalue weighted by Crippen LogP contribution is -2.53. The Kier molecular flexibility index (Phi) is 6.35. The molecule has 2 aliphatic rings. The molecule has 11 nitrogen and oxygen atoms in total. The molecule has 1 amide bonds. The molecule has 17 heteroatoms. The van der Waals surface area contributed by atoms with Gasteiger partial charge in [-0.1, -0.05) is 11.3 Å². The number of aromatic nitrogens is 4. The van der Waals surface area contributed by atoms with Gasteiger partial charge in [0.15, 0.2) is 16.5 Å². The van der Waals surface area contributed by atoms with Crippen LogP contribution in [0.15, 0.2) is 23.4 Å². The molecule has 0 atom stereocenters. The first-order valence-corrected chi connectivity index (χ1v) is 14.0. The van der Waals surface area contributed by atoms with Gasteiger partial charge in [-0.05, 0) is 32.8 Å². The Hall–Kier alpha value is -3.36. The van der Waals surface area contributed by atoms with Crippen molar-refractivity contribution < 1.29 is 30.8 Å². The number of halogens is 4. The van der Waals surface area contributed by atoms with Crippen LogP contribution < -0.4 is 9.62 Å². The molecule has 1 aliphatic carbocycles. The smallest absolute Gasteiger partial charge is 0.366 e. The second kappa shape index (κ2) is 9.10. The molecule has 0 bridgehead atoms. The van der Waals surface area contributed by atoms with Crippen LogP contribution in [0.2, 0.25) is 0 Å². The first-order valence-electron chi connectivity index (χ1n) is 11.7. The standard InChI is InChI=1S/C22H22F4N8O3S2/c1-20(2,23)19(35)33-7-5-32(6-8-33)14-9-13(39(36,37)31-21(12-27)3-4-21)11-34-15(14)10-28-16(34)17-29-30-18(38-17)22(24,25)26/h9-11,31H,3-8H2,1-2H3. The normalized spacial score (nSPS) is 17.9. The number of carbonyl (C=O) groups is 1. The summed E-state index contributed by atoms with van der Waals surface area (Å²) in [5.41, 5.74) is -2.51. The van der Waals surface area contributed by atoms with Gasteiger partial charge in [0.25, 0.3) is 5.91 Å². The van der Waals surface area contributed by atoms with Crippen molar-refractivity contribution >= 4 is 38.5 Å². The van der Waals surface area contributed by atoms with Gasteiger partial charge in [-0.2, -0.15) is 23.2 Å². The first-order chi connectivity index (χ1) is 18.1. The van der Waals surface area contributed by atoms with Gasteiger partial charge in [-0.3, -0.25) is 9.20 Å². The third-order valence-corrected chi connectivity index (χ3v) is 8.94. The van der Waals surface area contributed by atoms with Crippen molar-refractivity contribution in [1.82, 2.24) is 29.2 Å². The number of nitrogens with zero attached hydrogens (tertiary/aromatic N) is 7. The van der Waals surface area contributed by atoms with Crippen molar-refractivity contribution in [3.05, 3.63) is 23.5 Å². The van der Waals surface area contributed by atoms with Gasteiger partial charge in [-0.15, -0.1) is 10.2 Å². The molecule has 2 fully saturated rings. The zero-order valence-electron chi connectivity index (χ0n) is 20.7. The van der Waals surface area contributed by atoms with Crippen LogP contribution in [0.4, 0.5) is 23.2 Å². The van der Waals surface area contributed by atoms with Crippen molar-refractivity contribution in [3.8, 4) is 16.9 Å². The highest BCUT2D eigenvalue weighted by molar-refractivity contribution is 7.89. The minimum absolute atomic E-state index is 0.0503. The number of nitriles is 1. The maximum absolute atomic E-state index is 14.2. The fourth-order valence-electron chi connectivity index (χ4n) is 4.25. The molecule has 4 heterocycles. The highest BCUT2D eigenvalue weighted by Crippen LogP contribution is 2.38. The lowest BCUT2D eigenvalue weighted by molar-refractivity contribution is -0.142. The number of fused-ring (bicyclic) bond motifs is 1. The molecule has 3 aromatic heterocycles. The molecule has 3 aromatic rings. The van der Waals surface area contributed by atoms with E-state index in [0.29, 0.717) is 24.0 Å². The number of imidazole rings is 1. The number of carbonyl (C=O) groups excluding carboxylic acids is 1. The van der Waals surface area contributed by atoms with E-state index in [4.69, 9.17) is 0 Å². The zero-order valence-corrected chi connectivity index (χ0v) is 22.3. The number of sulfonamides is 1. The summed E-state index contributed by atoms with van der Waals surface area (Å²) in [4.78, 5) is 19.5. The summed E-state index contributed by atoms with van der Waals surface area (Å²) in [6, 6.07) is 3.34. The van der Waals surface area contributed by atoms with Crippen molar-refractivity contribution in [1.29, 1.82) is 5.26 Å². The van der Waals surface area contributed by atoms with Gasteiger partial charge in [-0.25, -0.2) is 17.8 Å². The van der Waals surface area contributed by atoms with E-state index in [1.165, 1.54) is 41.6 Å². The number of pyridine rings is 1. The maximum Gasteiger partial charge on any atom is 0.445 e. The molecule has 0 spiro atoms. The Morgan fingerprint density at radius 3 is 2.36 bits per heavy atom. The Morgan fingerprint density at radius 2 is 1.82 bits per heavy atom. The molecule has 208 valence electrons. The lowest BCUT2D eigenvalue weighted by atomic mass is 10.1. The first kappa shape index (κ1) is 27.2. The van der Waals surface area contributed by atoms with Crippen molar-refractivity contribution in [2.75, 3.05) is 31.1 Å². The molecule has 0 aromatic carbocycles.